The van der Waals surface area contributed by atoms with E-state index in [0.717, 1.165) is 17.7 Å². The largest absolute Gasteiger partial charge is 0.493 e. The molecule has 0 radical (unpaired) electrons. The van der Waals surface area contributed by atoms with Gasteiger partial charge in [0.05, 0.1) is 31.9 Å². The number of rotatable bonds is 4. The number of ketones is 1. The monoisotopic (exact) mass is 316 g/mol. The normalized spacial score (nSPS) is 25.4. The summed E-state index contributed by atoms with van der Waals surface area (Å²) in [5.74, 6) is 1.62. The predicted molar refractivity (Wildman–Crippen MR) is 89.1 cm³/mol. The summed E-state index contributed by atoms with van der Waals surface area (Å²) in [5.41, 5.74) is 5.24. The van der Waals surface area contributed by atoms with Crippen molar-refractivity contribution in [1.82, 2.24) is 5.43 Å². The van der Waals surface area contributed by atoms with Crippen molar-refractivity contribution in [1.29, 1.82) is 0 Å². The third kappa shape index (κ3) is 3.05. The van der Waals surface area contributed by atoms with Gasteiger partial charge >= 0.3 is 0 Å². The molecule has 1 aromatic carbocycles. The van der Waals surface area contributed by atoms with Crippen LogP contribution in [-0.2, 0) is 11.2 Å². The van der Waals surface area contributed by atoms with E-state index in [-0.39, 0.29) is 17.4 Å². The summed E-state index contributed by atoms with van der Waals surface area (Å²) >= 11 is 0. The standard InChI is InChI=1S/C18H24N2O3/c1-18(2)9-13-17(14(21)10-18)12(19-20-13)7-11-5-6-15(22-3)16(8-11)23-4/h5-6,8,13,17,20H,7,9-10H2,1-4H3/t13-,17-/m1/s1. The Morgan fingerprint density at radius 3 is 2.70 bits per heavy atom. The Kier molecular flexibility index (Phi) is 4.04. The molecule has 2 aliphatic rings. The second kappa shape index (κ2) is 5.87. The van der Waals surface area contributed by atoms with E-state index in [4.69, 9.17) is 9.47 Å². The van der Waals surface area contributed by atoms with Crippen molar-refractivity contribution in [3.8, 4) is 11.5 Å². The van der Waals surface area contributed by atoms with Gasteiger partial charge in [0.25, 0.3) is 0 Å². The van der Waals surface area contributed by atoms with Gasteiger partial charge in [0.2, 0.25) is 0 Å². The van der Waals surface area contributed by atoms with Crippen molar-refractivity contribution in [2.45, 2.75) is 39.2 Å². The molecular weight excluding hydrogens is 292 g/mol. The minimum atomic E-state index is -0.0869. The van der Waals surface area contributed by atoms with Crippen molar-refractivity contribution in [3.63, 3.8) is 0 Å². The van der Waals surface area contributed by atoms with Crippen LogP contribution in [0.5, 0.6) is 11.5 Å². The molecule has 5 heteroatoms. The van der Waals surface area contributed by atoms with Crippen LogP contribution in [0, 0.1) is 11.3 Å². The fourth-order valence-electron chi connectivity index (χ4n) is 3.71. The summed E-state index contributed by atoms with van der Waals surface area (Å²) in [4.78, 5) is 12.6. The summed E-state index contributed by atoms with van der Waals surface area (Å²) in [7, 11) is 3.24. The highest BCUT2D eigenvalue weighted by Gasteiger charge is 2.45. The molecule has 1 fully saturated rings. The quantitative estimate of drug-likeness (QED) is 0.927. The number of nitrogens with zero attached hydrogens (tertiary/aromatic N) is 1. The molecule has 1 heterocycles. The molecule has 0 bridgehead atoms. The van der Waals surface area contributed by atoms with Crippen molar-refractivity contribution in [2.75, 3.05) is 14.2 Å². The fraction of sp³-hybridized carbons (Fsp3) is 0.556. The van der Waals surface area contributed by atoms with Crippen LogP contribution >= 0.6 is 0 Å². The van der Waals surface area contributed by atoms with E-state index in [2.05, 4.69) is 24.4 Å². The minimum absolute atomic E-state index is 0.0551. The molecule has 124 valence electrons. The predicted octanol–water partition coefficient (Wildman–Crippen LogP) is 2.58. The zero-order valence-electron chi connectivity index (χ0n) is 14.2. The van der Waals surface area contributed by atoms with Gasteiger partial charge in [0, 0.05) is 12.8 Å². The summed E-state index contributed by atoms with van der Waals surface area (Å²) < 4.78 is 10.6. The highest BCUT2D eigenvalue weighted by Crippen LogP contribution is 2.39. The smallest absolute Gasteiger partial charge is 0.160 e. The zero-order chi connectivity index (χ0) is 16.6. The lowest BCUT2D eigenvalue weighted by Gasteiger charge is -2.36. The van der Waals surface area contributed by atoms with Gasteiger partial charge < -0.3 is 14.9 Å². The molecule has 1 aliphatic heterocycles. The van der Waals surface area contributed by atoms with Crippen LogP contribution in [0.1, 0.15) is 32.3 Å². The van der Waals surface area contributed by atoms with E-state index in [1.807, 2.05) is 18.2 Å². The number of ether oxygens (including phenoxy) is 2. The van der Waals surface area contributed by atoms with Crippen LogP contribution in [0.3, 0.4) is 0 Å². The Labute approximate surface area is 137 Å². The molecule has 0 saturated heterocycles. The Bertz CT molecular complexity index is 652. The zero-order valence-corrected chi connectivity index (χ0v) is 14.2. The van der Waals surface area contributed by atoms with Gasteiger partial charge in [-0.25, -0.2) is 0 Å². The molecule has 0 spiro atoms. The molecule has 23 heavy (non-hydrogen) atoms. The molecule has 1 aromatic rings. The topological polar surface area (TPSA) is 59.9 Å². The molecule has 5 nitrogen and oxygen atoms in total. The SMILES string of the molecule is COc1ccc(CC2=NN[C@@H]3CC(C)(C)CC(=O)[C@H]23)cc1OC. The number of carbonyl (C=O) groups is 1. The van der Waals surface area contributed by atoms with E-state index in [1.165, 1.54) is 0 Å². The van der Waals surface area contributed by atoms with E-state index < -0.39 is 0 Å². The Morgan fingerprint density at radius 2 is 2.00 bits per heavy atom. The molecule has 0 aromatic heterocycles. The van der Waals surface area contributed by atoms with E-state index in [1.54, 1.807) is 14.2 Å². The maximum atomic E-state index is 12.6. The average molecular weight is 316 g/mol. The highest BCUT2D eigenvalue weighted by molar-refractivity contribution is 6.08. The van der Waals surface area contributed by atoms with Gasteiger partial charge in [-0.1, -0.05) is 19.9 Å². The van der Waals surface area contributed by atoms with Gasteiger partial charge in [-0.15, -0.1) is 0 Å². The van der Waals surface area contributed by atoms with Gasteiger partial charge in [-0.2, -0.15) is 5.10 Å². The highest BCUT2D eigenvalue weighted by atomic mass is 16.5. The summed E-state index contributed by atoms with van der Waals surface area (Å²) in [6.07, 6.45) is 2.25. The van der Waals surface area contributed by atoms with Gasteiger partial charge in [0.15, 0.2) is 11.5 Å². The minimum Gasteiger partial charge on any atom is -0.493 e. The Hall–Kier alpha value is -2.04. The number of hydrogen-bond donors (Lipinski definition) is 1. The van der Waals surface area contributed by atoms with Crippen molar-refractivity contribution in [3.05, 3.63) is 23.8 Å². The number of hydrazone groups is 1. The van der Waals surface area contributed by atoms with Crippen molar-refractivity contribution >= 4 is 11.5 Å². The molecule has 1 aliphatic carbocycles. The van der Waals surface area contributed by atoms with Crippen LogP contribution < -0.4 is 14.9 Å². The van der Waals surface area contributed by atoms with Crippen molar-refractivity contribution in [2.24, 2.45) is 16.4 Å². The number of fused-ring (bicyclic) bond motifs is 1. The molecule has 1 N–H and O–H groups in total. The first kappa shape index (κ1) is 15.8. The van der Waals surface area contributed by atoms with Crippen LogP contribution in [-0.4, -0.2) is 31.8 Å². The molecule has 1 saturated carbocycles. The Balaban J connectivity index is 1.78. The van der Waals surface area contributed by atoms with E-state index in [9.17, 15) is 4.79 Å². The maximum absolute atomic E-state index is 12.6. The van der Waals surface area contributed by atoms with Crippen LogP contribution in [0.15, 0.2) is 23.3 Å². The van der Waals surface area contributed by atoms with Gasteiger partial charge in [-0.3, -0.25) is 4.79 Å². The third-order valence-electron chi connectivity index (χ3n) is 4.74. The number of Topliss-reactive ketones (excluding diaryl/α,β-unsaturated/α-hetero) is 1. The molecule has 3 rings (SSSR count). The number of nitrogens with one attached hydrogen (secondary N) is 1. The lowest BCUT2D eigenvalue weighted by atomic mass is 9.68. The molecule has 0 unspecified atom stereocenters. The lowest BCUT2D eigenvalue weighted by Crippen LogP contribution is -2.45. The first-order valence-electron chi connectivity index (χ1n) is 7.99. The first-order chi connectivity index (χ1) is 10.9. The molecule has 0 amide bonds. The Morgan fingerprint density at radius 1 is 1.26 bits per heavy atom. The van der Waals surface area contributed by atoms with Crippen molar-refractivity contribution < 1.29 is 14.3 Å². The van der Waals surface area contributed by atoms with E-state index in [0.29, 0.717) is 30.1 Å². The van der Waals surface area contributed by atoms with Crippen LogP contribution in [0.25, 0.3) is 0 Å². The number of hydrogen-bond acceptors (Lipinski definition) is 5. The van der Waals surface area contributed by atoms with Gasteiger partial charge in [-0.05, 0) is 29.5 Å². The second-order valence-electron chi connectivity index (χ2n) is 7.19. The molecule has 2 atom stereocenters. The first-order valence-corrected chi connectivity index (χ1v) is 7.99. The summed E-state index contributed by atoms with van der Waals surface area (Å²) in [6.45, 7) is 4.30. The number of methoxy groups -OCH3 is 2. The van der Waals surface area contributed by atoms with Crippen LogP contribution in [0.2, 0.25) is 0 Å². The summed E-state index contributed by atoms with van der Waals surface area (Å²) in [5, 5.41) is 4.46. The fourth-order valence-corrected chi connectivity index (χ4v) is 3.71. The number of benzene rings is 1. The lowest BCUT2D eigenvalue weighted by molar-refractivity contribution is -0.126. The third-order valence-corrected chi connectivity index (χ3v) is 4.74. The van der Waals surface area contributed by atoms with E-state index >= 15 is 0 Å². The van der Waals surface area contributed by atoms with Gasteiger partial charge in [0.1, 0.15) is 5.78 Å². The average Bonchev–Trinajstić information content (AvgIpc) is 2.88. The maximum Gasteiger partial charge on any atom is 0.160 e. The van der Waals surface area contributed by atoms with Crippen LogP contribution in [0.4, 0.5) is 0 Å². The molecular formula is C18H24N2O3. The summed E-state index contributed by atoms with van der Waals surface area (Å²) in [6, 6.07) is 5.97. The number of carbonyl (C=O) groups excluding carboxylic acids is 1. The second-order valence-corrected chi connectivity index (χ2v) is 7.19.